The van der Waals surface area contributed by atoms with E-state index in [1.807, 2.05) is 4.68 Å². The van der Waals surface area contributed by atoms with Crippen LogP contribution in [0.1, 0.15) is 61.1 Å². The average molecular weight is 399 g/mol. The van der Waals surface area contributed by atoms with Crippen LogP contribution in [0.25, 0.3) is 0 Å². The van der Waals surface area contributed by atoms with Gasteiger partial charge < -0.3 is 9.64 Å². The first kappa shape index (κ1) is 21.0. The van der Waals surface area contributed by atoms with E-state index in [1.165, 1.54) is 0 Å². The molecule has 1 aliphatic rings. The van der Waals surface area contributed by atoms with Crippen LogP contribution in [-0.4, -0.2) is 49.7 Å². The molecule has 0 saturated carbocycles. The van der Waals surface area contributed by atoms with Crippen molar-refractivity contribution < 1.29 is 14.3 Å². The molecular weight excluding hydrogens is 370 g/mol. The van der Waals surface area contributed by atoms with Crippen LogP contribution >= 0.6 is 0 Å². The summed E-state index contributed by atoms with van der Waals surface area (Å²) >= 11 is 0. The smallest absolute Gasteiger partial charge is 0.359 e. The molecule has 0 radical (unpaired) electrons. The number of fused-ring (bicyclic) bond motifs is 1. The molecule has 1 aliphatic heterocycles. The van der Waals surface area contributed by atoms with E-state index in [4.69, 9.17) is 4.74 Å². The van der Waals surface area contributed by atoms with E-state index in [0.29, 0.717) is 50.6 Å². The van der Waals surface area contributed by atoms with E-state index in [9.17, 15) is 9.59 Å². The van der Waals surface area contributed by atoms with Gasteiger partial charge in [0.25, 0.3) is 0 Å². The zero-order chi connectivity index (χ0) is 20.8. The second-order valence-electron chi connectivity index (χ2n) is 7.66. The molecule has 2 aromatic heterocycles. The van der Waals surface area contributed by atoms with Crippen molar-refractivity contribution in [1.82, 2.24) is 24.6 Å². The number of carbonyl (C=O) groups excluding carboxylic acids is 2. The Hall–Kier alpha value is -2.77. The van der Waals surface area contributed by atoms with E-state index in [2.05, 4.69) is 28.9 Å². The Kier molecular flexibility index (Phi) is 6.95. The number of aryl methyl sites for hydroxylation is 2. The van der Waals surface area contributed by atoms with E-state index in [1.54, 1.807) is 30.4 Å². The van der Waals surface area contributed by atoms with Crippen LogP contribution in [0.4, 0.5) is 0 Å². The Morgan fingerprint density at radius 3 is 2.79 bits per heavy atom. The van der Waals surface area contributed by atoms with Crippen LogP contribution in [0.5, 0.6) is 0 Å². The fourth-order valence-electron chi connectivity index (χ4n) is 3.48. The lowest BCUT2D eigenvalue weighted by molar-refractivity contribution is -0.132. The summed E-state index contributed by atoms with van der Waals surface area (Å²) in [5.41, 5.74) is 3.02. The molecule has 3 heterocycles. The highest BCUT2D eigenvalue weighted by Crippen LogP contribution is 2.25. The van der Waals surface area contributed by atoms with Gasteiger partial charge in [0.2, 0.25) is 5.91 Å². The topological polar surface area (TPSA) is 90.2 Å². The molecule has 0 saturated heterocycles. The minimum absolute atomic E-state index is 0.0473. The maximum Gasteiger partial charge on any atom is 0.359 e. The molecule has 0 bridgehead atoms. The van der Waals surface area contributed by atoms with E-state index >= 15 is 0 Å². The number of aromatic nitrogens is 4. The van der Waals surface area contributed by atoms with Crippen molar-refractivity contribution in [2.24, 2.45) is 5.92 Å². The minimum atomic E-state index is -0.416. The maximum absolute atomic E-state index is 12.7. The zero-order valence-corrected chi connectivity index (χ0v) is 17.4. The third-order valence-corrected chi connectivity index (χ3v) is 5.09. The summed E-state index contributed by atoms with van der Waals surface area (Å²) in [6.45, 7) is 8.20. The molecule has 2 aromatic rings. The molecule has 0 fully saturated rings. The SMILES string of the molecule is CCOC(=O)c1nn(CCC(C)C)c2c1CN(C(=O)CCc1cnccn1)CC2. The summed E-state index contributed by atoms with van der Waals surface area (Å²) in [6, 6.07) is 0. The summed E-state index contributed by atoms with van der Waals surface area (Å²) < 4.78 is 7.13. The zero-order valence-electron chi connectivity index (χ0n) is 17.4. The van der Waals surface area contributed by atoms with E-state index in [-0.39, 0.29) is 5.91 Å². The lowest BCUT2D eigenvalue weighted by Gasteiger charge is -2.28. The second kappa shape index (κ2) is 9.62. The largest absolute Gasteiger partial charge is 0.461 e. The first-order chi connectivity index (χ1) is 14.0. The molecule has 0 spiro atoms. The minimum Gasteiger partial charge on any atom is -0.461 e. The molecule has 29 heavy (non-hydrogen) atoms. The predicted molar refractivity (Wildman–Crippen MR) is 107 cm³/mol. The fraction of sp³-hybridized carbons (Fsp3) is 0.571. The first-order valence-corrected chi connectivity index (χ1v) is 10.3. The summed E-state index contributed by atoms with van der Waals surface area (Å²) in [5.74, 6) is 0.176. The number of rotatable bonds is 8. The molecule has 156 valence electrons. The van der Waals surface area contributed by atoms with Gasteiger partial charge >= 0.3 is 5.97 Å². The molecule has 0 aliphatic carbocycles. The van der Waals surface area contributed by atoms with Crippen molar-refractivity contribution in [2.75, 3.05) is 13.2 Å². The van der Waals surface area contributed by atoms with Crippen molar-refractivity contribution in [3.63, 3.8) is 0 Å². The third-order valence-electron chi connectivity index (χ3n) is 5.09. The first-order valence-electron chi connectivity index (χ1n) is 10.3. The van der Waals surface area contributed by atoms with Gasteiger partial charge in [0.15, 0.2) is 5.69 Å². The number of carbonyl (C=O) groups is 2. The van der Waals surface area contributed by atoms with Crippen molar-refractivity contribution in [3.8, 4) is 0 Å². The van der Waals surface area contributed by atoms with E-state index in [0.717, 1.165) is 29.9 Å². The molecule has 0 aromatic carbocycles. The highest BCUT2D eigenvalue weighted by molar-refractivity contribution is 5.89. The molecule has 8 nitrogen and oxygen atoms in total. The third kappa shape index (κ3) is 5.19. The van der Waals surface area contributed by atoms with Crippen molar-refractivity contribution in [3.05, 3.63) is 41.2 Å². The van der Waals surface area contributed by atoms with Crippen LogP contribution in [-0.2, 0) is 35.5 Å². The molecule has 0 atom stereocenters. The summed E-state index contributed by atoms with van der Waals surface area (Å²) in [4.78, 5) is 35.2. The van der Waals surface area contributed by atoms with Gasteiger partial charge in [-0.1, -0.05) is 13.8 Å². The monoisotopic (exact) mass is 399 g/mol. The van der Waals surface area contributed by atoms with Crippen molar-refractivity contribution >= 4 is 11.9 Å². The quantitative estimate of drug-likeness (QED) is 0.633. The molecule has 3 rings (SSSR count). The maximum atomic E-state index is 12.7. The average Bonchev–Trinajstić information content (AvgIpc) is 3.09. The highest BCUT2D eigenvalue weighted by Gasteiger charge is 2.30. The number of hydrogen-bond acceptors (Lipinski definition) is 6. The van der Waals surface area contributed by atoms with Crippen molar-refractivity contribution in [1.29, 1.82) is 0 Å². The Morgan fingerprint density at radius 2 is 2.10 bits per heavy atom. The van der Waals surface area contributed by atoms with Crippen LogP contribution in [0.2, 0.25) is 0 Å². The van der Waals surface area contributed by atoms with Crippen LogP contribution in [0.15, 0.2) is 18.6 Å². The molecule has 0 unspecified atom stereocenters. The molecule has 0 N–H and O–H groups in total. The normalized spacial score (nSPS) is 13.4. The lowest BCUT2D eigenvalue weighted by atomic mass is 10.0. The van der Waals surface area contributed by atoms with Gasteiger partial charge in [-0.15, -0.1) is 0 Å². The Balaban J connectivity index is 1.74. The van der Waals surface area contributed by atoms with Gasteiger partial charge in [-0.25, -0.2) is 4.79 Å². The van der Waals surface area contributed by atoms with Gasteiger partial charge in [-0.2, -0.15) is 5.10 Å². The van der Waals surface area contributed by atoms with Crippen molar-refractivity contribution in [2.45, 2.75) is 59.5 Å². The Labute approximate surface area is 171 Å². The number of hydrogen-bond donors (Lipinski definition) is 0. The van der Waals surface area contributed by atoms with Crippen LogP contribution in [0, 0.1) is 5.92 Å². The highest BCUT2D eigenvalue weighted by atomic mass is 16.5. The number of ether oxygens (including phenoxy) is 1. The summed E-state index contributed by atoms with van der Waals surface area (Å²) in [6.07, 6.45) is 7.52. The van der Waals surface area contributed by atoms with Gasteiger partial charge in [-0.3, -0.25) is 19.4 Å². The van der Waals surface area contributed by atoms with Crippen LogP contribution < -0.4 is 0 Å². The fourth-order valence-corrected chi connectivity index (χ4v) is 3.48. The van der Waals surface area contributed by atoms with Gasteiger partial charge in [0.05, 0.1) is 12.3 Å². The van der Waals surface area contributed by atoms with Gasteiger partial charge in [0, 0.05) is 62.3 Å². The number of nitrogens with zero attached hydrogens (tertiary/aromatic N) is 5. The van der Waals surface area contributed by atoms with Gasteiger partial charge in [0.1, 0.15) is 0 Å². The molecule has 8 heteroatoms. The predicted octanol–water partition coefficient (Wildman–Crippen LogP) is 2.41. The lowest BCUT2D eigenvalue weighted by Crippen LogP contribution is -2.37. The summed E-state index contributed by atoms with van der Waals surface area (Å²) in [5, 5.41) is 4.56. The molecule has 1 amide bonds. The van der Waals surface area contributed by atoms with Crippen LogP contribution in [0.3, 0.4) is 0 Å². The Morgan fingerprint density at radius 1 is 1.28 bits per heavy atom. The number of amides is 1. The Bertz CT molecular complexity index is 848. The van der Waals surface area contributed by atoms with E-state index < -0.39 is 5.97 Å². The standard InChI is InChI=1S/C21H29N5O3/c1-4-29-21(28)20-17-14-25(19(27)6-5-16-13-22-9-10-23-16)11-8-18(17)26(24-20)12-7-15(2)3/h9-10,13,15H,4-8,11-12,14H2,1-3H3. The second-order valence-corrected chi connectivity index (χ2v) is 7.66. The summed E-state index contributed by atoms with van der Waals surface area (Å²) in [7, 11) is 0. The van der Waals surface area contributed by atoms with Gasteiger partial charge in [-0.05, 0) is 25.7 Å². The number of esters is 1. The molecular formula is C21H29N5O3.